The molecule has 1 amide bonds. The predicted octanol–water partition coefficient (Wildman–Crippen LogP) is 2.13. The first kappa shape index (κ1) is 21.8. The average molecular weight is 437 g/mol. The topological polar surface area (TPSA) is 94.4 Å². The molecular formula is C23H28N6O3. The van der Waals surface area contributed by atoms with Crippen molar-refractivity contribution in [2.45, 2.75) is 32.0 Å². The van der Waals surface area contributed by atoms with E-state index in [0.717, 1.165) is 43.1 Å². The molecule has 3 aromatic rings. The number of hydrogen-bond acceptors (Lipinski definition) is 7. The average Bonchev–Trinajstić information content (AvgIpc) is 3.27. The lowest BCUT2D eigenvalue weighted by molar-refractivity contribution is 0.0907. The summed E-state index contributed by atoms with van der Waals surface area (Å²) in [4.78, 5) is 14.9. The number of rotatable bonds is 8. The molecule has 1 aromatic heterocycles. The third kappa shape index (κ3) is 5.42. The molecule has 32 heavy (non-hydrogen) atoms. The summed E-state index contributed by atoms with van der Waals surface area (Å²) >= 11 is 0. The summed E-state index contributed by atoms with van der Waals surface area (Å²) in [5.74, 6) is 2.28. The number of carbonyl (C=O) groups excluding carboxylic acids is 1. The summed E-state index contributed by atoms with van der Waals surface area (Å²) in [6.07, 6.45) is 1.77. The monoisotopic (exact) mass is 436 g/mol. The molecule has 9 nitrogen and oxygen atoms in total. The largest absolute Gasteiger partial charge is 0.497 e. The van der Waals surface area contributed by atoms with Crippen LogP contribution in [0.15, 0.2) is 48.5 Å². The van der Waals surface area contributed by atoms with Crippen molar-refractivity contribution in [3.8, 4) is 11.5 Å². The van der Waals surface area contributed by atoms with E-state index in [1.807, 2.05) is 41.1 Å². The van der Waals surface area contributed by atoms with E-state index < -0.39 is 0 Å². The molecule has 1 N–H and O–H groups in total. The summed E-state index contributed by atoms with van der Waals surface area (Å²) in [6.45, 7) is 3.04. The Labute approximate surface area is 187 Å². The lowest BCUT2D eigenvalue weighted by Crippen LogP contribution is -2.44. The number of carbonyl (C=O) groups is 1. The third-order valence-corrected chi connectivity index (χ3v) is 5.72. The number of nitrogens with zero attached hydrogens (tertiary/aromatic N) is 5. The van der Waals surface area contributed by atoms with Crippen LogP contribution in [0.25, 0.3) is 0 Å². The van der Waals surface area contributed by atoms with Crippen LogP contribution in [0.4, 0.5) is 0 Å². The molecule has 0 atom stereocenters. The predicted molar refractivity (Wildman–Crippen MR) is 119 cm³/mol. The Hall–Kier alpha value is -3.46. The van der Waals surface area contributed by atoms with E-state index in [4.69, 9.17) is 9.47 Å². The van der Waals surface area contributed by atoms with Crippen LogP contribution >= 0.6 is 0 Å². The Kier molecular flexibility index (Phi) is 6.96. The van der Waals surface area contributed by atoms with E-state index in [-0.39, 0.29) is 11.9 Å². The number of likely N-dealkylation sites (tertiary alicyclic amines) is 1. The minimum absolute atomic E-state index is 0.0641. The van der Waals surface area contributed by atoms with E-state index in [0.29, 0.717) is 24.4 Å². The zero-order chi connectivity index (χ0) is 22.3. The van der Waals surface area contributed by atoms with Gasteiger partial charge in [-0.05, 0) is 59.2 Å². The fourth-order valence-electron chi connectivity index (χ4n) is 3.83. The molecule has 0 radical (unpaired) electrons. The highest BCUT2D eigenvalue weighted by molar-refractivity contribution is 5.94. The molecule has 168 valence electrons. The van der Waals surface area contributed by atoms with Crippen molar-refractivity contribution in [3.63, 3.8) is 0 Å². The molecule has 0 spiro atoms. The highest BCUT2D eigenvalue weighted by atomic mass is 16.5. The number of aromatic nitrogens is 4. The minimum atomic E-state index is -0.0641. The molecule has 1 aliphatic rings. The zero-order valence-corrected chi connectivity index (χ0v) is 18.4. The van der Waals surface area contributed by atoms with Gasteiger partial charge in [0.15, 0.2) is 5.82 Å². The van der Waals surface area contributed by atoms with Crippen LogP contribution in [-0.2, 0) is 13.1 Å². The molecule has 1 aliphatic heterocycles. The summed E-state index contributed by atoms with van der Waals surface area (Å²) in [7, 11) is 3.25. The van der Waals surface area contributed by atoms with Gasteiger partial charge in [0, 0.05) is 24.7 Å². The van der Waals surface area contributed by atoms with Crippen molar-refractivity contribution in [2.24, 2.45) is 0 Å². The molecule has 0 unspecified atom stereocenters. The van der Waals surface area contributed by atoms with Crippen LogP contribution in [0.2, 0.25) is 0 Å². The summed E-state index contributed by atoms with van der Waals surface area (Å²) in [5, 5.41) is 15.4. The van der Waals surface area contributed by atoms with Crippen molar-refractivity contribution in [3.05, 3.63) is 65.5 Å². The van der Waals surface area contributed by atoms with Crippen LogP contribution < -0.4 is 14.8 Å². The van der Waals surface area contributed by atoms with Gasteiger partial charge in [0.05, 0.1) is 27.3 Å². The van der Waals surface area contributed by atoms with Gasteiger partial charge < -0.3 is 14.8 Å². The van der Waals surface area contributed by atoms with Crippen molar-refractivity contribution in [1.29, 1.82) is 0 Å². The van der Waals surface area contributed by atoms with Gasteiger partial charge in [0.2, 0.25) is 0 Å². The Bertz CT molecular complexity index is 1030. The number of piperidine rings is 1. The third-order valence-electron chi connectivity index (χ3n) is 5.72. The number of benzene rings is 2. The van der Waals surface area contributed by atoms with E-state index in [9.17, 15) is 4.79 Å². The molecule has 4 rings (SSSR count). The van der Waals surface area contributed by atoms with Gasteiger partial charge in [-0.2, -0.15) is 0 Å². The van der Waals surface area contributed by atoms with E-state index in [1.165, 1.54) is 0 Å². The summed E-state index contributed by atoms with van der Waals surface area (Å²) in [6, 6.07) is 15.3. The molecule has 1 fully saturated rings. The highest BCUT2D eigenvalue weighted by Crippen LogP contribution is 2.17. The number of amides is 1. The van der Waals surface area contributed by atoms with Gasteiger partial charge in [-0.15, -0.1) is 5.10 Å². The number of methoxy groups -OCH3 is 2. The number of nitrogens with one attached hydrogen (secondary N) is 1. The lowest BCUT2D eigenvalue weighted by Gasteiger charge is -2.31. The van der Waals surface area contributed by atoms with E-state index >= 15 is 0 Å². The molecular weight excluding hydrogens is 408 g/mol. The first-order valence-electron chi connectivity index (χ1n) is 10.7. The molecule has 0 aliphatic carbocycles. The van der Waals surface area contributed by atoms with Crippen LogP contribution in [-0.4, -0.2) is 64.4 Å². The zero-order valence-electron chi connectivity index (χ0n) is 18.4. The quantitative estimate of drug-likeness (QED) is 0.578. The van der Waals surface area contributed by atoms with Crippen molar-refractivity contribution in [1.82, 2.24) is 30.4 Å². The van der Waals surface area contributed by atoms with Gasteiger partial charge in [0.1, 0.15) is 11.5 Å². The molecule has 1 saturated heterocycles. The molecule has 2 heterocycles. The molecule has 0 saturated carbocycles. The van der Waals surface area contributed by atoms with Crippen molar-refractivity contribution >= 4 is 5.91 Å². The normalized spacial score (nSPS) is 14.8. The highest BCUT2D eigenvalue weighted by Gasteiger charge is 2.23. The van der Waals surface area contributed by atoms with Gasteiger partial charge in [-0.1, -0.05) is 18.2 Å². The van der Waals surface area contributed by atoms with Crippen LogP contribution in [0.3, 0.4) is 0 Å². The van der Waals surface area contributed by atoms with Gasteiger partial charge >= 0.3 is 0 Å². The molecule has 0 bridgehead atoms. The first-order valence-corrected chi connectivity index (χ1v) is 10.7. The number of ether oxygens (including phenoxy) is 2. The van der Waals surface area contributed by atoms with Crippen molar-refractivity contribution in [2.75, 3.05) is 27.3 Å². The van der Waals surface area contributed by atoms with Gasteiger partial charge in [-0.3, -0.25) is 9.69 Å². The van der Waals surface area contributed by atoms with E-state index in [1.54, 1.807) is 26.4 Å². The SMILES string of the molecule is COc1ccc(Cn2nnnc2CN2CCC(NC(=O)c3cccc(OC)c3)CC2)cc1. The maximum Gasteiger partial charge on any atom is 0.251 e. The second-order valence-electron chi connectivity index (χ2n) is 7.86. The Morgan fingerprint density at radius 3 is 2.50 bits per heavy atom. The maximum absolute atomic E-state index is 12.6. The maximum atomic E-state index is 12.6. The molecule has 2 aromatic carbocycles. The summed E-state index contributed by atoms with van der Waals surface area (Å²) in [5.41, 5.74) is 1.72. The fraction of sp³-hybridized carbons (Fsp3) is 0.391. The Morgan fingerprint density at radius 1 is 1.03 bits per heavy atom. The van der Waals surface area contributed by atoms with Crippen LogP contribution in [0, 0.1) is 0 Å². The second-order valence-corrected chi connectivity index (χ2v) is 7.86. The standard InChI is InChI=1S/C23H28N6O3/c1-31-20-8-6-17(7-9-20)15-29-22(25-26-27-29)16-28-12-10-19(11-13-28)24-23(30)18-4-3-5-21(14-18)32-2/h3-9,14,19H,10-13,15-16H2,1-2H3,(H,24,30). The fourth-order valence-corrected chi connectivity index (χ4v) is 3.83. The molecule has 9 heteroatoms. The minimum Gasteiger partial charge on any atom is -0.497 e. The van der Waals surface area contributed by atoms with Gasteiger partial charge in [-0.25, -0.2) is 4.68 Å². The second kappa shape index (κ2) is 10.2. The smallest absolute Gasteiger partial charge is 0.251 e. The first-order chi connectivity index (χ1) is 15.6. The van der Waals surface area contributed by atoms with Crippen molar-refractivity contribution < 1.29 is 14.3 Å². The van der Waals surface area contributed by atoms with E-state index in [2.05, 4.69) is 25.7 Å². The van der Waals surface area contributed by atoms with Crippen LogP contribution in [0.5, 0.6) is 11.5 Å². The lowest BCUT2D eigenvalue weighted by atomic mass is 10.0. The van der Waals surface area contributed by atoms with Crippen LogP contribution in [0.1, 0.15) is 34.6 Å². The Balaban J connectivity index is 1.28. The number of hydrogen-bond donors (Lipinski definition) is 1. The number of tetrazole rings is 1. The Morgan fingerprint density at radius 2 is 1.78 bits per heavy atom. The summed E-state index contributed by atoms with van der Waals surface area (Å²) < 4.78 is 12.2. The van der Waals surface area contributed by atoms with Gasteiger partial charge in [0.25, 0.3) is 5.91 Å².